The fraction of sp³-hybridized carbons (Fsp3) is 0.750. The van der Waals surface area contributed by atoms with Gasteiger partial charge in [-0.25, -0.2) is 0 Å². The van der Waals surface area contributed by atoms with Crippen LogP contribution < -0.4 is 10.6 Å². The molecule has 4 atom stereocenters. The summed E-state index contributed by atoms with van der Waals surface area (Å²) in [4.78, 5) is 22.9. The number of carboxylic acid groups (broad SMARTS) is 1. The van der Waals surface area contributed by atoms with Gasteiger partial charge >= 0.3 is 5.97 Å². The Balaban J connectivity index is 3.14. The molecular formula is C16H28N2O4. The Morgan fingerprint density at radius 2 is 2.00 bits per heavy atom. The second-order valence-electron chi connectivity index (χ2n) is 6.00. The summed E-state index contributed by atoms with van der Waals surface area (Å²) in [7, 11) is 0. The van der Waals surface area contributed by atoms with Gasteiger partial charge in [0.25, 0.3) is 0 Å². The molecule has 6 nitrogen and oxygen atoms in total. The van der Waals surface area contributed by atoms with Crippen LogP contribution >= 0.6 is 0 Å². The number of allylic oxidation sites excluding steroid dienone is 1. The third-order valence-corrected chi connectivity index (χ3v) is 4.62. The Kier molecular flexibility index (Phi) is 6.56. The molecule has 1 heterocycles. The highest BCUT2D eigenvalue weighted by atomic mass is 16.4. The van der Waals surface area contributed by atoms with Crippen molar-refractivity contribution in [1.82, 2.24) is 10.6 Å². The van der Waals surface area contributed by atoms with Crippen molar-refractivity contribution in [2.45, 2.75) is 70.7 Å². The maximum absolute atomic E-state index is 11.6. The van der Waals surface area contributed by atoms with Gasteiger partial charge < -0.3 is 15.5 Å². The molecule has 1 fully saturated rings. The minimum Gasteiger partial charge on any atom is -0.480 e. The van der Waals surface area contributed by atoms with E-state index in [1.54, 1.807) is 0 Å². The Labute approximate surface area is 132 Å². The molecule has 0 unspecified atom stereocenters. The first-order valence-corrected chi connectivity index (χ1v) is 7.90. The molecule has 1 aliphatic rings. The van der Waals surface area contributed by atoms with E-state index in [-0.39, 0.29) is 17.9 Å². The monoisotopic (exact) mass is 312 g/mol. The molecule has 1 amide bonds. The van der Waals surface area contributed by atoms with Crippen LogP contribution in [-0.4, -0.2) is 45.8 Å². The molecular weight excluding hydrogens is 284 g/mol. The van der Waals surface area contributed by atoms with Crippen LogP contribution in [0.15, 0.2) is 12.2 Å². The van der Waals surface area contributed by atoms with E-state index < -0.39 is 23.7 Å². The molecule has 0 aromatic heterocycles. The number of nitrogens with one attached hydrogen (secondary N) is 2. The van der Waals surface area contributed by atoms with Crippen LogP contribution in [-0.2, 0) is 9.59 Å². The van der Waals surface area contributed by atoms with Crippen molar-refractivity contribution in [2.75, 3.05) is 0 Å². The van der Waals surface area contributed by atoms with Crippen LogP contribution in [0.25, 0.3) is 0 Å². The largest absolute Gasteiger partial charge is 0.480 e. The molecule has 1 aliphatic heterocycles. The lowest BCUT2D eigenvalue weighted by atomic mass is 9.79. The van der Waals surface area contributed by atoms with Crippen molar-refractivity contribution in [1.29, 1.82) is 0 Å². The predicted molar refractivity (Wildman–Crippen MR) is 84.4 cm³/mol. The lowest BCUT2D eigenvalue weighted by Crippen LogP contribution is -2.62. The van der Waals surface area contributed by atoms with E-state index in [9.17, 15) is 19.8 Å². The summed E-state index contributed by atoms with van der Waals surface area (Å²) in [6.07, 6.45) is 5.23. The molecule has 1 saturated heterocycles. The summed E-state index contributed by atoms with van der Waals surface area (Å²) in [6.45, 7) is 7.02. The fourth-order valence-electron chi connectivity index (χ4n) is 3.27. The molecule has 22 heavy (non-hydrogen) atoms. The number of hydrogen-bond acceptors (Lipinski definition) is 4. The molecule has 4 N–H and O–H groups in total. The second kappa shape index (κ2) is 7.74. The molecule has 0 spiro atoms. The normalized spacial score (nSPS) is 27.0. The number of carbonyl (C=O) groups excluding carboxylic acids is 1. The van der Waals surface area contributed by atoms with Crippen molar-refractivity contribution in [3.8, 4) is 0 Å². The van der Waals surface area contributed by atoms with Crippen LogP contribution in [0.2, 0.25) is 0 Å². The summed E-state index contributed by atoms with van der Waals surface area (Å²) in [5, 5.41) is 26.1. The zero-order valence-electron chi connectivity index (χ0n) is 13.8. The average Bonchev–Trinajstić information content (AvgIpc) is 2.88. The van der Waals surface area contributed by atoms with E-state index in [2.05, 4.69) is 10.6 Å². The number of rotatable bonds is 7. The smallest absolute Gasteiger partial charge is 0.320 e. The molecule has 0 aliphatic carbocycles. The number of aliphatic carboxylic acids is 1. The van der Waals surface area contributed by atoms with Gasteiger partial charge in [-0.05, 0) is 32.1 Å². The number of carbonyl (C=O) groups is 2. The van der Waals surface area contributed by atoms with Crippen LogP contribution in [0.3, 0.4) is 0 Å². The van der Waals surface area contributed by atoms with Gasteiger partial charge in [0.1, 0.15) is 6.04 Å². The minimum atomic E-state index is -1.07. The van der Waals surface area contributed by atoms with Crippen LogP contribution in [0.4, 0.5) is 0 Å². The highest BCUT2D eigenvalue weighted by molar-refractivity contribution is 5.75. The zero-order valence-corrected chi connectivity index (χ0v) is 13.8. The lowest BCUT2D eigenvalue weighted by molar-refractivity contribution is -0.139. The van der Waals surface area contributed by atoms with E-state index in [1.807, 2.05) is 32.9 Å². The maximum atomic E-state index is 11.6. The first kappa shape index (κ1) is 18.6. The quantitative estimate of drug-likeness (QED) is 0.527. The molecule has 0 bridgehead atoms. The summed E-state index contributed by atoms with van der Waals surface area (Å²) in [5.74, 6) is -1.19. The SMILES string of the molecule is C/C=C\[C@@H]1C[C@H](C(=O)O)N[C@H]1[C@@H](NC(C)=O)C(O)(CC)CC. The van der Waals surface area contributed by atoms with Gasteiger partial charge in [0.15, 0.2) is 0 Å². The Morgan fingerprint density at radius 3 is 2.41 bits per heavy atom. The number of amides is 1. The number of carboxylic acids is 1. The molecule has 6 heteroatoms. The van der Waals surface area contributed by atoms with Crippen molar-refractivity contribution in [2.24, 2.45) is 5.92 Å². The average molecular weight is 312 g/mol. The predicted octanol–water partition coefficient (Wildman–Crippen LogP) is 1.05. The van der Waals surface area contributed by atoms with E-state index in [0.717, 1.165) is 0 Å². The summed E-state index contributed by atoms with van der Waals surface area (Å²) in [6, 6.07) is -1.52. The third kappa shape index (κ3) is 4.08. The molecule has 0 radical (unpaired) electrons. The van der Waals surface area contributed by atoms with E-state index >= 15 is 0 Å². The first-order valence-electron chi connectivity index (χ1n) is 7.90. The summed E-state index contributed by atoms with van der Waals surface area (Å²) < 4.78 is 0. The van der Waals surface area contributed by atoms with Crippen molar-refractivity contribution >= 4 is 11.9 Å². The first-order chi connectivity index (χ1) is 10.3. The van der Waals surface area contributed by atoms with Gasteiger partial charge in [-0.1, -0.05) is 26.0 Å². The summed E-state index contributed by atoms with van der Waals surface area (Å²) in [5.41, 5.74) is -1.07. The number of aliphatic hydroxyl groups is 1. The summed E-state index contributed by atoms with van der Waals surface area (Å²) >= 11 is 0. The van der Waals surface area contributed by atoms with Gasteiger partial charge in [0, 0.05) is 13.0 Å². The molecule has 0 aromatic rings. The van der Waals surface area contributed by atoms with Crippen molar-refractivity contribution < 1.29 is 19.8 Å². The van der Waals surface area contributed by atoms with E-state index in [1.165, 1.54) is 6.92 Å². The molecule has 126 valence electrons. The Hall–Kier alpha value is -1.40. The second-order valence-corrected chi connectivity index (χ2v) is 6.00. The van der Waals surface area contributed by atoms with Gasteiger partial charge in [0.2, 0.25) is 5.91 Å². The number of hydrogen-bond donors (Lipinski definition) is 4. The van der Waals surface area contributed by atoms with E-state index in [4.69, 9.17) is 0 Å². The fourth-order valence-corrected chi connectivity index (χ4v) is 3.27. The van der Waals surface area contributed by atoms with Crippen molar-refractivity contribution in [3.63, 3.8) is 0 Å². The van der Waals surface area contributed by atoms with Crippen LogP contribution in [0, 0.1) is 5.92 Å². The molecule has 0 aromatic carbocycles. The van der Waals surface area contributed by atoms with Gasteiger partial charge in [0.05, 0.1) is 11.6 Å². The van der Waals surface area contributed by atoms with Gasteiger partial charge in [-0.15, -0.1) is 0 Å². The molecule has 1 rings (SSSR count). The van der Waals surface area contributed by atoms with E-state index in [0.29, 0.717) is 19.3 Å². The Bertz CT molecular complexity index is 432. The lowest BCUT2D eigenvalue weighted by Gasteiger charge is -2.40. The topological polar surface area (TPSA) is 98.7 Å². The standard InChI is InChI=1S/C16H28N2O4/c1-5-8-11-9-12(15(20)21)18-13(11)14(17-10(4)19)16(22,6-2)7-3/h5,8,11-14,18,22H,6-7,9H2,1-4H3,(H,17,19)(H,20,21)/b8-5-/t11-,12-,13-,14-/m1/s1. The van der Waals surface area contributed by atoms with Gasteiger partial charge in [-0.2, -0.15) is 0 Å². The van der Waals surface area contributed by atoms with Crippen LogP contribution in [0.5, 0.6) is 0 Å². The zero-order chi connectivity index (χ0) is 16.9. The Morgan fingerprint density at radius 1 is 1.41 bits per heavy atom. The van der Waals surface area contributed by atoms with Gasteiger partial charge in [-0.3, -0.25) is 14.9 Å². The minimum absolute atomic E-state index is 0.0485. The molecule has 0 saturated carbocycles. The highest BCUT2D eigenvalue weighted by Crippen LogP contribution is 2.32. The van der Waals surface area contributed by atoms with Crippen molar-refractivity contribution in [3.05, 3.63) is 12.2 Å². The highest BCUT2D eigenvalue weighted by Gasteiger charge is 2.47. The maximum Gasteiger partial charge on any atom is 0.320 e. The third-order valence-electron chi connectivity index (χ3n) is 4.62. The van der Waals surface area contributed by atoms with Crippen LogP contribution in [0.1, 0.15) is 47.0 Å².